The third-order valence-corrected chi connectivity index (χ3v) is 1.24. The molecule has 1 unspecified atom stereocenters. The lowest BCUT2D eigenvalue weighted by molar-refractivity contribution is -0.134. The van der Waals surface area contributed by atoms with Crippen LogP contribution in [0.2, 0.25) is 0 Å². The van der Waals surface area contributed by atoms with Crippen molar-refractivity contribution in [3.05, 3.63) is 11.8 Å². The van der Waals surface area contributed by atoms with E-state index in [1.54, 1.807) is 0 Å². The van der Waals surface area contributed by atoms with Gasteiger partial charge in [0.05, 0.1) is 7.11 Å². The summed E-state index contributed by atoms with van der Waals surface area (Å²) in [6, 6.07) is 0. The van der Waals surface area contributed by atoms with Crippen molar-refractivity contribution in [2.75, 3.05) is 7.11 Å². The molecule has 0 saturated heterocycles. The van der Waals surface area contributed by atoms with Crippen LogP contribution in [0.15, 0.2) is 11.8 Å². The van der Waals surface area contributed by atoms with Gasteiger partial charge in [0.15, 0.2) is 0 Å². The van der Waals surface area contributed by atoms with Crippen molar-refractivity contribution >= 4 is 11.9 Å². The van der Waals surface area contributed by atoms with Crippen LogP contribution in [0.3, 0.4) is 0 Å². The molecule has 0 aliphatic rings. The maximum absolute atomic E-state index is 10.9. The second kappa shape index (κ2) is 5.31. The van der Waals surface area contributed by atoms with Gasteiger partial charge in [0.2, 0.25) is 0 Å². The van der Waals surface area contributed by atoms with Crippen molar-refractivity contribution in [3.63, 3.8) is 0 Å². The fourth-order valence-corrected chi connectivity index (χ4v) is 0.571. The Kier molecular flexibility index (Phi) is 4.76. The molecule has 2 N–H and O–H groups in total. The number of amides is 1. The first-order valence-electron chi connectivity index (χ1n) is 3.72. The van der Waals surface area contributed by atoms with Crippen molar-refractivity contribution in [2.24, 2.45) is 0 Å². The van der Waals surface area contributed by atoms with Crippen LogP contribution >= 0.6 is 0 Å². The van der Waals surface area contributed by atoms with E-state index in [1.807, 2.05) is 0 Å². The summed E-state index contributed by atoms with van der Waals surface area (Å²) in [6.07, 6.45) is 0.0290. The first kappa shape index (κ1) is 11.6. The average molecular weight is 187 g/mol. The Balaban J connectivity index is 4.14. The zero-order chi connectivity index (χ0) is 10.4. The third-order valence-electron chi connectivity index (χ3n) is 1.24. The number of carbonyl (C=O) groups is 2. The van der Waals surface area contributed by atoms with E-state index in [1.165, 1.54) is 21.0 Å². The molecular weight excluding hydrogens is 174 g/mol. The molecule has 0 aliphatic carbocycles. The first-order valence-corrected chi connectivity index (χ1v) is 3.72. The molecule has 0 aliphatic heterocycles. The molecule has 0 radical (unpaired) electrons. The minimum absolute atomic E-state index is 0.331. The van der Waals surface area contributed by atoms with Crippen LogP contribution in [0, 0.1) is 0 Å². The molecule has 0 aromatic rings. The van der Waals surface area contributed by atoms with E-state index in [2.05, 4.69) is 10.1 Å². The second-order valence-electron chi connectivity index (χ2n) is 2.52. The lowest BCUT2D eigenvalue weighted by atomic mass is 10.3. The minimum atomic E-state index is -1.10. The van der Waals surface area contributed by atoms with Gasteiger partial charge in [-0.3, -0.25) is 4.79 Å². The summed E-state index contributed by atoms with van der Waals surface area (Å²) in [6.45, 7) is 2.86. The lowest BCUT2D eigenvalue weighted by Gasteiger charge is -2.06. The maximum atomic E-state index is 10.9. The SMILES string of the molecule is COC(=O)/C=C(/C)NC(=O)C(C)O. The van der Waals surface area contributed by atoms with Crippen LogP contribution in [0.5, 0.6) is 0 Å². The van der Waals surface area contributed by atoms with Gasteiger partial charge in [0, 0.05) is 11.8 Å². The van der Waals surface area contributed by atoms with Gasteiger partial charge >= 0.3 is 5.97 Å². The quantitative estimate of drug-likeness (QED) is 0.464. The Morgan fingerprint density at radius 3 is 2.46 bits per heavy atom. The van der Waals surface area contributed by atoms with Crippen molar-refractivity contribution in [2.45, 2.75) is 20.0 Å². The molecule has 0 bridgehead atoms. The number of ether oxygens (including phenoxy) is 1. The van der Waals surface area contributed by atoms with Crippen LogP contribution in [0.1, 0.15) is 13.8 Å². The van der Waals surface area contributed by atoms with E-state index in [9.17, 15) is 9.59 Å². The van der Waals surface area contributed by atoms with E-state index in [4.69, 9.17) is 5.11 Å². The molecule has 0 heterocycles. The monoisotopic (exact) mass is 187 g/mol. The third kappa shape index (κ3) is 4.97. The normalized spacial score (nSPS) is 13.4. The zero-order valence-corrected chi connectivity index (χ0v) is 7.83. The average Bonchev–Trinajstić information content (AvgIpc) is 2.03. The Bertz CT molecular complexity index is 232. The molecule has 0 fully saturated rings. The van der Waals surface area contributed by atoms with Crippen LogP contribution in [0.4, 0.5) is 0 Å². The van der Waals surface area contributed by atoms with Crippen LogP contribution in [0.25, 0.3) is 0 Å². The molecule has 5 heteroatoms. The predicted molar refractivity (Wildman–Crippen MR) is 45.6 cm³/mol. The molecule has 0 aromatic carbocycles. The van der Waals surface area contributed by atoms with Crippen molar-refractivity contribution in [1.82, 2.24) is 5.32 Å². The van der Waals surface area contributed by atoms with E-state index < -0.39 is 18.0 Å². The van der Waals surface area contributed by atoms with Gasteiger partial charge in [-0.1, -0.05) is 0 Å². The summed E-state index contributed by atoms with van der Waals surface area (Å²) in [7, 11) is 1.24. The highest BCUT2D eigenvalue weighted by Crippen LogP contribution is 1.90. The fraction of sp³-hybridized carbons (Fsp3) is 0.500. The van der Waals surface area contributed by atoms with Gasteiger partial charge in [0.1, 0.15) is 6.10 Å². The van der Waals surface area contributed by atoms with Gasteiger partial charge < -0.3 is 15.2 Å². The topological polar surface area (TPSA) is 75.6 Å². The Morgan fingerprint density at radius 1 is 1.54 bits per heavy atom. The molecule has 1 amide bonds. The number of esters is 1. The first-order chi connectivity index (χ1) is 5.97. The van der Waals surface area contributed by atoms with E-state index in [-0.39, 0.29) is 0 Å². The summed E-state index contributed by atoms with van der Waals surface area (Å²) in [5, 5.41) is 11.1. The molecule has 0 rings (SSSR count). The smallest absolute Gasteiger partial charge is 0.332 e. The lowest BCUT2D eigenvalue weighted by Crippen LogP contribution is -2.31. The van der Waals surface area contributed by atoms with E-state index >= 15 is 0 Å². The molecular formula is C8H13NO4. The number of rotatable bonds is 3. The van der Waals surface area contributed by atoms with Crippen molar-refractivity contribution < 1.29 is 19.4 Å². The Hall–Kier alpha value is -1.36. The largest absolute Gasteiger partial charge is 0.466 e. The van der Waals surface area contributed by atoms with Gasteiger partial charge in [-0.25, -0.2) is 4.79 Å². The van der Waals surface area contributed by atoms with Crippen molar-refractivity contribution in [1.29, 1.82) is 0 Å². The number of allylic oxidation sites excluding steroid dienone is 1. The van der Waals surface area contributed by atoms with E-state index in [0.717, 1.165) is 6.08 Å². The summed E-state index contributed by atoms with van der Waals surface area (Å²) in [5.41, 5.74) is 0.331. The Morgan fingerprint density at radius 2 is 2.08 bits per heavy atom. The highest BCUT2D eigenvalue weighted by molar-refractivity contribution is 5.86. The molecule has 0 spiro atoms. The number of hydrogen-bond acceptors (Lipinski definition) is 4. The molecule has 5 nitrogen and oxygen atoms in total. The minimum Gasteiger partial charge on any atom is -0.466 e. The van der Waals surface area contributed by atoms with Gasteiger partial charge in [-0.2, -0.15) is 0 Å². The standard InChI is InChI=1S/C8H13NO4/c1-5(4-7(11)13-3)9-8(12)6(2)10/h4,6,10H,1-3H3,(H,9,12)/b5-4-. The highest BCUT2D eigenvalue weighted by atomic mass is 16.5. The molecule has 13 heavy (non-hydrogen) atoms. The Labute approximate surface area is 76.4 Å². The van der Waals surface area contributed by atoms with Crippen LogP contribution < -0.4 is 5.32 Å². The number of carbonyl (C=O) groups excluding carboxylic acids is 2. The molecule has 1 atom stereocenters. The van der Waals surface area contributed by atoms with Gasteiger partial charge in [-0.15, -0.1) is 0 Å². The summed E-state index contributed by atoms with van der Waals surface area (Å²) in [4.78, 5) is 21.5. The number of hydrogen-bond donors (Lipinski definition) is 2. The highest BCUT2D eigenvalue weighted by Gasteiger charge is 2.08. The van der Waals surface area contributed by atoms with Crippen LogP contribution in [-0.4, -0.2) is 30.2 Å². The predicted octanol–water partition coefficient (Wildman–Crippen LogP) is -0.440. The second-order valence-corrected chi connectivity index (χ2v) is 2.52. The number of methoxy groups -OCH3 is 1. The maximum Gasteiger partial charge on any atom is 0.332 e. The molecule has 74 valence electrons. The summed E-state index contributed by atoms with van der Waals surface area (Å²) < 4.78 is 4.33. The summed E-state index contributed by atoms with van der Waals surface area (Å²) in [5.74, 6) is -1.11. The zero-order valence-electron chi connectivity index (χ0n) is 7.83. The molecule has 0 saturated carbocycles. The summed E-state index contributed by atoms with van der Waals surface area (Å²) >= 11 is 0. The van der Waals surface area contributed by atoms with Crippen molar-refractivity contribution in [3.8, 4) is 0 Å². The fourth-order valence-electron chi connectivity index (χ4n) is 0.571. The van der Waals surface area contributed by atoms with Gasteiger partial charge in [0.25, 0.3) is 5.91 Å². The number of nitrogens with one attached hydrogen (secondary N) is 1. The van der Waals surface area contributed by atoms with Gasteiger partial charge in [-0.05, 0) is 13.8 Å². The molecule has 0 aromatic heterocycles. The number of aliphatic hydroxyl groups excluding tert-OH is 1. The van der Waals surface area contributed by atoms with E-state index in [0.29, 0.717) is 5.70 Å². The number of aliphatic hydroxyl groups is 1. The van der Waals surface area contributed by atoms with Crippen LogP contribution in [-0.2, 0) is 14.3 Å².